The van der Waals surface area contributed by atoms with Crippen molar-refractivity contribution in [1.82, 2.24) is 15.4 Å². The Labute approximate surface area is 157 Å². The van der Waals surface area contributed by atoms with Crippen molar-refractivity contribution in [3.63, 3.8) is 0 Å². The molecule has 0 heterocycles. The van der Waals surface area contributed by atoms with Gasteiger partial charge in [0.1, 0.15) is 0 Å². The molecule has 0 fully saturated rings. The standard InChI is InChI=1S/C17H29N3O3S.ClH/c1-11-12(2)14(4)17(15(5)13(11)3)24(22,23)20-8-7-16(21)19-10-9-18-6;/h18,20H,7-10H2,1-6H3,(H,19,21);1H. The number of sulfonamides is 1. The largest absolute Gasteiger partial charge is 0.355 e. The van der Waals surface area contributed by atoms with E-state index in [9.17, 15) is 13.2 Å². The average Bonchev–Trinajstić information content (AvgIpc) is 2.51. The lowest BCUT2D eigenvalue weighted by molar-refractivity contribution is -0.120. The van der Waals surface area contributed by atoms with Crippen molar-refractivity contribution in [1.29, 1.82) is 0 Å². The number of carbonyl (C=O) groups is 1. The predicted octanol–water partition coefficient (Wildman–Crippen LogP) is 1.65. The first-order chi connectivity index (χ1) is 11.1. The Bertz CT molecular complexity index is 689. The summed E-state index contributed by atoms with van der Waals surface area (Å²) < 4.78 is 27.9. The Hall–Kier alpha value is -1.15. The molecule has 0 saturated heterocycles. The van der Waals surface area contributed by atoms with E-state index < -0.39 is 10.0 Å². The van der Waals surface area contributed by atoms with Crippen LogP contribution in [0.5, 0.6) is 0 Å². The highest BCUT2D eigenvalue weighted by molar-refractivity contribution is 7.89. The zero-order chi connectivity index (χ0) is 18.5. The second kappa shape index (κ2) is 10.1. The minimum Gasteiger partial charge on any atom is -0.355 e. The van der Waals surface area contributed by atoms with Gasteiger partial charge in [0.25, 0.3) is 0 Å². The molecule has 0 saturated carbocycles. The summed E-state index contributed by atoms with van der Waals surface area (Å²) >= 11 is 0. The predicted molar refractivity (Wildman–Crippen MR) is 104 cm³/mol. The lowest BCUT2D eigenvalue weighted by Crippen LogP contribution is -2.34. The van der Waals surface area contributed by atoms with Crippen LogP contribution in [0.2, 0.25) is 0 Å². The second-order valence-corrected chi connectivity index (χ2v) is 7.76. The van der Waals surface area contributed by atoms with Gasteiger partial charge in [-0.05, 0) is 69.5 Å². The molecule has 25 heavy (non-hydrogen) atoms. The fraction of sp³-hybridized carbons (Fsp3) is 0.588. The molecule has 1 aromatic rings. The van der Waals surface area contributed by atoms with E-state index in [0.717, 1.165) is 27.8 Å². The normalized spacial score (nSPS) is 11.1. The van der Waals surface area contributed by atoms with Crippen LogP contribution in [0.3, 0.4) is 0 Å². The van der Waals surface area contributed by atoms with E-state index in [4.69, 9.17) is 0 Å². The molecule has 0 aliphatic carbocycles. The van der Waals surface area contributed by atoms with Gasteiger partial charge in [-0.1, -0.05) is 0 Å². The van der Waals surface area contributed by atoms with Crippen LogP contribution < -0.4 is 15.4 Å². The quantitative estimate of drug-likeness (QED) is 0.588. The van der Waals surface area contributed by atoms with Gasteiger partial charge in [-0.2, -0.15) is 0 Å². The number of benzene rings is 1. The van der Waals surface area contributed by atoms with E-state index in [2.05, 4.69) is 15.4 Å². The number of likely N-dealkylation sites (N-methyl/N-ethyl adjacent to an activating group) is 1. The Morgan fingerprint density at radius 2 is 1.32 bits per heavy atom. The highest BCUT2D eigenvalue weighted by Gasteiger charge is 2.23. The third-order valence-electron chi connectivity index (χ3n) is 4.54. The number of hydrogen-bond acceptors (Lipinski definition) is 4. The molecule has 0 spiro atoms. The Kier molecular flexibility index (Phi) is 9.64. The molecule has 0 aromatic heterocycles. The van der Waals surface area contributed by atoms with Crippen LogP contribution in [-0.2, 0) is 14.8 Å². The van der Waals surface area contributed by atoms with Gasteiger partial charge in [-0.25, -0.2) is 13.1 Å². The van der Waals surface area contributed by atoms with Gasteiger partial charge in [-0.3, -0.25) is 4.79 Å². The SMILES string of the molecule is CNCCNC(=O)CCNS(=O)(=O)c1c(C)c(C)c(C)c(C)c1C.Cl. The van der Waals surface area contributed by atoms with Gasteiger partial charge in [0.15, 0.2) is 0 Å². The van der Waals surface area contributed by atoms with E-state index in [1.165, 1.54) is 0 Å². The van der Waals surface area contributed by atoms with Crippen molar-refractivity contribution in [2.45, 2.75) is 45.9 Å². The number of hydrogen-bond donors (Lipinski definition) is 3. The topological polar surface area (TPSA) is 87.3 Å². The second-order valence-electron chi connectivity index (χ2n) is 6.06. The molecule has 6 nitrogen and oxygen atoms in total. The number of amides is 1. The van der Waals surface area contributed by atoms with Crippen molar-refractivity contribution >= 4 is 28.3 Å². The maximum atomic E-state index is 12.7. The molecule has 3 N–H and O–H groups in total. The molecule has 1 amide bonds. The van der Waals surface area contributed by atoms with Crippen LogP contribution in [0.15, 0.2) is 4.90 Å². The Balaban J connectivity index is 0.00000576. The van der Waals surface area contributed by atoms with Crippen molar-refractivity contribution in [2.24, 2.45) is 0 Å². The van der Waals surface area contributed by atoms with E-state index in [-0.39, 0.29) is 31.3 Å². The van der Waals surface area contributed by atoms with Gasteiger partial charge in [0.05, 0.1) is 4.90 Å². The van der Waals surface area contributed by atoms with Crippen molar-refractivity contribution in [3.05, 3.63) is 27.8 Å². The van der Waals surface area contributed by atoms with Crippen LogP contribution in [0, 0.1) is 34.6 Å². The molecule has 144 valence electrons. The van der Waals surface area contributed by atoms with Crippen molar-refractivity contribution < 1.29 is 13.2 Å². The number of nitrogens with one attached hydrogen (secondary N) is 3. The monoisotopic (exact) mass is 391 g/mol. The smallest absolute Gasteiger partial charge is 0.241 e. The summed E-state index contributed by atoms with van der Waals surface area (Å²) in [5, 5.41) is 5.65. The summed E-state index contributed by atoms with van der Waals surface area (Å²) in [6.45, 7) is 10.8. The first kappa shape index (κ1) is 23.9. The lowest BCUT2D eigenvalue weighted by atomic mass is 9.95. The van der Waals surface area contributed by atoms with Gasteiger partial charge < -0.3 is 10.6 Å². The Morgan fingerprint density at radius 1 is 0.840 bits per heavy atom. The van der Waals surface area contributed by atoms with E-state index in [0.29, 0.717) is 18.0 Å². The summed E-state index contributed by atoms with van der Waals surface area (Å²) in [7, 11) is -1.84. The molecule has 0 bridgehead atoms. The number of carbonyl (C=O) groups excluding carboxylic acids is 1. The molecule has 0 aliphatic rings. The fourth-order valence-electron chi connectivity index (χ4n) is 2.66. The molecule has 8 heteroatoms. The van der Waals surface area contributed by atoms with Gasteiger partial charge >= 0.3 is 0 Å². The molecule has 0 atom stereocenters. The summed E-state index contributed by atoms with van der Waals surface area (Å²) in [6.07, 6.45) is 0.116. The zero-order valence-electron chi connectivity index (χ0n) is 15.9. The highest BCUT2D eigenvalue weighted by atomic mass is 35.5. The Morgan fingerprint density at radius 3 is 1.80 bits per heavy atom. The molecular weight excluding hydrogens is 362 g/mol. The first-order valence-corrected chi connectivity index (χ1v) is 9.59. The number of rotatable bonds is 8. The van der Waals surface area contributed by atoms with Crippen LogP contribution >= 0.6 is 12.4 Å². The highest BCUT2D eigenvalue weighted by Crippen LogP contribution is 2.29. The summed E-state index contributed by atoms with van der Waals surface area (Å²) in [5.41, 5.74) is 4.63. The van der Waals surface area contributed by atoms with Crippen LogP contribution in [-0.4, -0.2) is 41.0 Å². The molecule has 0 radical (unpaired) electrons. The summed E-state index contributed by atoms with van der Waals surface area (Å²) in [4.78, 5) is 12.0. The first-order valence-electron chi connectivity index (χ1n) is 8.11. The van der Waals surface area contributed by atoms with Gasteiger partial charge in [0, 0.05) is 26.1 Å². The maximum absolute atomic E-state index is 12.7. The molecule has 1 rings (SSSR count). The van der Waals surface area contributed by atoms with E-state index >= 15 is 0 Å². The van der Waals surface area contributed by atoms with Crippen LogP contribution in [0.4, 0.5) is 0 Å². The lowest BCUT2D eigenvalue weighted by Gasteiger charge is -2.19. The molecule has 0 aliphatic heterocycles. The van der Waals surface area contributed by atoms with Gasteiger partial charge in [0.2, 0.25) is 15.9 Å². The zero-order valence-corrected chi connectivity index (χ0v) is 17.5. The van der Waals surface area contributed by atoms with Crippen molar-refractivity contribution in [3.8, 4) is 0 Å². The van der Waals surface area contributed by atoms with Crippen LogP contribution in [0.1, 0.15) is 34.2 Å². The molecule has 0 unspecified atom stereocenters. The third-order valence-corrected chi connectivity index (χ3v) is 6.28. The summed E-state index contributed by atoms with van der Waals surface area (Å²) in [5.74, 6) is -0.169. The van der Waals surface area contributed by atoms with E-state index in [1.807, 2.05) is 34.6 Å². The fourth-order valence-corrected chi connectivity index (χ4v) is 4.28. The van der Waals surface area contributed by atoms with Gasteiger partial charge in [-0.15, -0.1) is 12.4 Å². The maximum Gasteiger partial charge on any atom is 0.241 e. The van der Waals surface area contributed by atoms with Crippen molar-refractivity contribution in [2.75, 3.05) is 26.7 Å². The average molecular weight is 392 g/mol. The number of halogens is 1. The summed E-state index contributed by atoms with van der Waals surface area (Å²) in [6, 6.07) is 0. The van der Waals surface area contributed by atoms with Crippen LogP contribution in [0.25, 0.3) is 0 Å². The molecular formula is C17H30ClN3O3S. The van der Waals surface area contributed by atoms with E-state index in [1.54, 1.807) is 7.05 Å². The molecule has 1 aromatic carbocycles. The minimum absolute atomic E-state index is 0. The third kappa shape index (κ3) is 5.95. The minimum atomic E-state index is -3.65.